The minimum absolute atomic E-state index is 0.444. The molecular formula is C28H28N6O2. The monoisotopic (exact) mass is 480 g/mol. The van der Waals surface area contributed by atoms with Crippen molar-refractivity contribution in [2.24, 2.45) is 5.73 Å². The summed E-state index contributed by atoms with van der Waals surface area (Å²) in [5.74, 6) is 1.35. The van der Waals surface area contributed by atoms with Crippen LogP contribution in [0.3, 0.4) is 0 Å². The number of primary amides is 1. The van der Waals surface area contributed by atoms with Crippen LogP contribution in [0.2, 0.25) is 0 Å². The average molecular weight is 481 g/mol. The molecule has 0 fully saturated rings. The number of rotatable bonds is 7. The first kappa shape index (κ1) is 23.2. The molecular weight excluding hydrogens is 452 g/mol. The maximum absolute atomic E-state index is 12.5. The topological polar surface area (TPSA) is 98.3 Å². The van der Waals surface area contributed by atoms with Crippen molar-refractivity contribution in [3.05, 3.63) is 101 Å². The summed E-state index contributed by atoms with van der Waals surface area (Å²) in [5, 5.41) is 7.97. The number of allylic oxidation sites excluding steroid dienone is 1. The van der Waals surface area contributed by atoms with E-state index in [0.29, 0.717) is 29.6 Å². The summed E-state index contributed by atoms with van der Waals surface area (Å²) in [6, 6.07) is 25.2. The molecule has 8 heteroatoms. The van der Waals surface area contributed by atoms with Crippen LogP contribution in [-0.4, -0.2) is 34.8 Å². The van der Waals surface area contributed by atoms with Gasteiger partial charge in [-0.15, -0.1) is 5.10 Å². The van der Waals surface area contributed by atoms with Crippen LogP contribution in [0.1, 0.15) is 24.1 Å². The Hall–Kier alpha value is -4.59. The number of carbonyl (C=O) groups excluding carboxylic acids is 1. The maximum Gasteiger partial charge on any atom is 0.248 e. The van der Waals surface area contributed by atoms with Crippen LogP contribution in [0.5, 0.6) is 5.75 Å². The van der Waals surface area contributed by atoms with Crippen molar-refractivity contribution in [3.63, 3.8) is 0 Å². The normalized spacial score (nSPS) is 14.7. The van der Waals surface area contributed by atoms with Crippen LogP contribution < -0.4 is 20.7 Å². The molecule has 0 spiro atoms. The largest absolute Gasteiger partial charge is 0.489 e. The van der Waals surface area contributed by atoms with E-state index in [1.807, 2.05) is 105 Å². The Balaban J connectivity index is 1.46. The molecule has 1 amide bonds. The molecule has 4 aromatic rings. The Bertz CT molecular complexity index is 1410. The van der Waals surface area contributed by atoms with Gasteiger partial charge in [-0.1, -0.05) is 42.5 Å². The molecule has 0 saturated heterocycles. The van der Waals surface area contributed by atoms with Crippen molar-refractivity contribution in [3.8, 4) is 17.1 Å². The van der Waals surface area contributed by atoms with E-state index in [4.69, 9.17) is 20.6 Å². The predicted octanol–water partition coefficient (Wildman–Crippen LogP) is 4.36. The third-order valence-electron chi connectivity index (χ3n) is 6.20. The van der Waals surface area contributed by atoms with Gasteiger partial charge in [-0.3, -0.25) is 4.79 Å². The molecule has 0 radical (unpaired) electrons. The van der Waals surface area contributed by atoms with Gasteiger partial charge >= 0.3 is 0 Å². The standard InChI is InChI=1S/C28H28N6O2/c1-18-24(26(29)35)25(20-11-15-23(16-12-20)36-17-19-7-5-4-6-8-19)34-28(30-18)31-27(32-34)21-9-13-22(14-10-21)33(2)3/h4-16,25H,17H2,1-3H3,(H2,29,35)(H,30,31,32). The smallest absolute Gasteiger partial charge is 0.248 e. The zero-order valence-electron chi connectivity index (χ0n) is 20.5. The van der Waals surface area contributed by atoms with Crippen LogP contribution in [0.25, 0.3) is 11.4 Å². The zero-order chi connectivity index (χ0) is 25.2. The number of nitrogens with two attached hydrogens (primary N) is 1. The van der Waals surface area contributed by atoms with Gasteiger partial charge in [0.2, 0.25) is 11.9 Å². The molecule has 5 rings (SSSR count). The number of carbonyl (C=O) groups is 1. The molecule has 1 aliphatic heterocycles. The van der Waals surface area contributed by atoms with Crippen molar-refractivity contribution in [1.29, 1.82) is 0 Å². The first-order valence-corrected chi connectivity index (χ1v) is 11.7. The predicted molar refractivity (Wildman–Crippen MR) is 141 cm³/mol. The number of nitrogens with zero attached hydrogens (tertiary/aromatic N) is 4. The zero-order valence-corrected chi connectivity index (χ0v) is 20.5. The fraction of sp³-hybridized carbons (Fsp3) is 0.179. The molecule has 0 saturated carbocycles. The summed E-state index contributed by atoms with van der Waals surface area (Å²) in [7, 11) is 3.99. The molecule has 8 nitrogen and oxygen atoms in total. The van der Waals surface area contributed by atoms with Gasteiger partial charge in [0.25, 0.3) is 0 Å². The van der Waals surface area contributed by atoms with Crippen molar-refractivity contribution < 1.29 is 9.53 Å². The van der Waals surface area contributed by atoms with E-state index in [0.717, 1.165) is 28.1 Å². The molecule has 3 N–H and O–H groups in total. The lowest BCUT2D eigenvalue weighted by Crippen LogP contribution is -2.31. The summed E-state index contributed by atoms with van der Waals surface area (Å²) >= 11 is 0. The van der Waals surface area contributed by atoms with Gasteiger partial charge in [-0.2, -0.15) is 4.98 Å². The van der Waals surface area contributed by atoms with Gasteiger partial charge < -0.3 is 20.7 Å². The minimum Gasteiger partial charge on any atom is -0.489 e. The highest BCUT2D eigenvalue weighted by Crippen LogP contribution is 2.36. The van der Waals surface area contributed by atoms with E-state index in [1.54, 1.807) is 4.68 Å². The molecule has 0 bridgehead atoms. The SMILES string of the molecule is CC1=C(C(N)=O)C(c2ccc(OCc3ccccc3)cc2)n2nc(-c3ccc(N(C)C)cc3)nc2N1. The average Bonchev–Trinajstić information content (AvgIpc) is 3.31. The molecule has 1 aromatic heterocycles. The van der Waals surface area contributed by atoms with Gasteiger partial charge in [0.1, 0.15) is 18.4 Å². The highest BCUT2D eigenvalue weighted by atomic mass is 16.5. The Labute approximate surface area is 210 Å². The molecule has 1 unspecified atom stereocenters. The second-order valence-corrected chi connectivity index (χ2v) is 8.92. The second-order valence-electron chi connectivity index (χ2n) is 8.92. The second kappa shape index (κ2) is 9.58. The number of benzene rings is 3. The van der Waals surface area contributed by atoms with Crippen molar-refractivity contribution in [2.75, 3.05) is 24.3 Å². The molecule has 1 atom stereocenters. The van der Waals surface area contributed by atoms with E-state index in [2.05, 4.69) is 5.32 Å². The maximum atomic E-state index is 12.5. The lowest BCUT2D eigenvalue weighted by atomic mass is 9.95. The molecule has 2 heterocycles. The van der Waals surface area contributed by atoms with E-state index in [9.17, 15) is 4.79 Å². The quantitative estimate of drug-likeness (QED) is 0.408. The summed E-state index contributed by atoms with van der Waals surface area (Å²) in [5.41, 5.74) is 10.8. The number of fused-ring (bicyclic) bond motifs is 1. The number of anilines is 2. The lowest BCUT2D eigenvalue weighted by molar-refractivity contribution is -0.115. The van der Waals surface area contributed by atoms with E-state index >= 15 is 0 Å². The third-order valence-corrected chi connectivity index (χ3v) is 6.20. The van der Waals surface area contributed by atoms with Gasteiger partial charge in [0, 0.05) is 31.0 Å². The number of hydrogen-bond acceptors (Lipinski definition) is 6. The molecule has 36 heavy (non-hydrogen) atoms. The van der Waals surface area contributed by atoms with Gasteiger partial charge in [0.15, 0.2) is 5.82 Å². The molecule has 0 aliphatic carbocycles. The minimum atomic E-state index is -0.510. The number of nitrogens with one attached hydrogen (secondary N) is 1. The first-order chi connectivity index (χ1) is 17.4. The number of amides is 1. The molecule has 3 aromatic carbocycles. The van der Waals surface area contributed by atoms with Gasteiger partial charge in [0.05, 0.1) is 5.57 Å². The first-order valence-electron chi connectivity index (χ1n) is 11.7. The molecule has 182 valence electrons. The van der Waals surface area contributed by atoms with Crippen LogP contribution in [-0.2, 0) is 11.4 Å². The van der Waals surface area contributed by atoms with E-state index in [1.165, 1.54) is 0 Å². The fourth-order valence-corrected chi connectivity index (χ4v) is 4.30. The summed E-state index contributed by atoms with van der Waals surface area (Å²) in [4.78, 5) is 19.2. The van der Waals surface area contributed by atoms with Crippen molar-refractivity contribution in [2.45, 2.75) is 19.6 Å². The Morgan fingerprint density at radius 2 is 1.72 bits per heavy atom. The highest BCUT2D eigenvalue weighted by molar-refractivity contribution is 5.95. The summed E-state index contributed by atoms with van der Waals surface area (Å²) < 4.78 is 7.66. The van der Waals surface area contributed by atoms with E-state index in [-0.39, 0.29) is 0 Å². The summed E-state index contributed by atoms with van der Waals surface area (Å²) in [6.45, 7) is 2.30. The number of aromatic nitrogens is 3. The Morgan fingerprint density at radius 3 is 2.36 bits per heavy atom. The van der Waals surface area contributed by atoms with Gasteiger partial charge in [-0.25, -0.2) is 4.68 Å². The van der Waals surface area contributed by atoms with Crippen molar-refractivity contribution >= 4 is 17.5 Å². The number of hydrogen-bond donors (Lipinski definition) is 2. The highest BCUT2D eigenvalue weighted by Gasteiger charge is 2.33. The molecule has 1 aliphatic rings. The summed E-state index contributed by atoms with van der Waals surface area (Å²) in [6.07, 6.45) is 0. The van der Waals surface area contributed by atoms with Crippen LogP contribution in [0, 0.1) is 0 Å². The van der Waals surface area contributed by atoms with Crippen LogP contribution >= 0.6 is 0 Å². The third kappa shape index (κ3) is 4.53. The Kier molecular flexibility index (Phi) is 6.16. The Morgan fingerprint density at radius 1 is 1.03 bits per heavy atom. The fourth-order valence-electron chi connectivity index (χ4n) is 4.30. The lowest BCUT2D eigenvalue weighted by Gasteiger charge is -2.27. The van der Waals surface area contributed by atoms with Crippen LogP contribution in [0.15, 0.2) is 90.1 Å². The number of ether oxygens (including phenoxy) is 1. The van der Waals surface area contributed by atoms with E-state index < -0.39 is 11.9 Å². The van der Waals surface area contributed by atoms with Gasteiger partial charge in [-0.05, 0) is 54.4 Å². The van der Waals surface area contributed by atoms with Crippen molar-refractivity contribution in [1.82, 2.24) is 14.8 Å². The van der Waals surface area contributed by atoms with Crippen LogP contribution in [0.4, 0.5) is 11.6 Å².